The van der Waals surface area contributed by atoms with Crippen LogP contribution in [0.2, 0.25) is 0 Å². The Morgan fingerprint density at radius 3 is 1.54 bits per heavy atom. The number of hydrogen-bond acceptors (Lipinski definition) is 1. The molecule has 0 spiro atoms. The number of fused-ring (bicyclic) bond motifs is 11. The molecule has 2 aliphatic rings. The first-order valence-electron chi connectivity index (χ1n) is 19.6. The molecular weight excluding hydrogens is 675 g/mol. The van der Waals surface area contributed by atoms with E-state index in [9.17, 15) is 0 Å². The van der Waals surface area contributed by atoms with E-state index in [1.54, 1.807) is 0 Å². The zero-order valence-electron chi connectivity index (χ0n) is 30.7. The molecule has 0 N–H and O–H groups in total. The second kappa shape index (κ2) is 12.2. The zero-order valence-corrected chi connectivity index (χ0v) is 30.7. The maximum atomic E-state index is 5.18. The fourth-order valence-electron chi connectivity index (χ4n) is 9.72. The Hall–Kier alpha value is -7.09. The minimum absolute atomic E-state index is 0.276. The first kappa shape index (κ1) is 31.3. The van der Waals surface area contributed by atoms with Gasteiger partial charge in [0.2, 0.25) is 0 Å². The lowest BCUT2D eigenvalue weighted by Gasteiger charge is -2.18. The molecule has 0 aromatic heterocycles. The van der Waals surface area contributed by atoms with Crippen molar-refractivity contribution in [3.8, 4) is 44.5 Å². The molecule has 1 heteroatoms. The summed E-state index contributed by atoms with van der Waals surface area (Å²) in [6, 6.07) is 71.9. The highest BCUT2D eigenvalue weighted by molar-refractivity contribution is 6.22. The van der Waals surface area contributed by atoms with E-state index in [0.29, 0.717) is 0 Å². The number of nitrogens with zero attached hydrogens (tertiary/aromatic N) is 1. The van der Waals surface area contributed by atoms with Gasteiger partial charge in [0.1, 0.15) is 0 Å². The van der Waals surface area contributed by atoms with Crippen LogP contribution in [0, 0.1) is 0 Å². The average molecular weight is 710 g/mol. The van der Waals surface area contributed by atoms with E-state index in [2.05, 4.69) is 194 Å². The summed E-state index contributed by atoms with van der Waals surface area (Å²) in [7, 11) is 0. The zero-order chi connectivity index (χ0) is 36.7. The Morgan fingerprint density at radius 1 is 0.357 bits per heavy atom. The van der Waals surface area contributed by atoms with Crippen molar-refractivity contribution in [1.82, 2.24) is 0 Å². The summed E-state index contributed by atoms with van der Waals surface area (Å²) in [6.07, 6.45) is 0.952. The SMILES string of the molecule is c1ccc2c(c1)N=C1c3ccccc3-c3cc(-c4ccc5cc(-c6c7ccccc7c(-c7ccc8ccccc8c7)c7ccccc67)ccc5c4)ccc3CC12. The molecule has 0 bridgehead atoms. The monoisotopic (exact) mass is 709 g/mol. The molecule has 0 radical (unpaired) electrons. The van der Waals surface area contributed by atoms with Gasteiger partial charge in [-0.2, -0.15) is 0 Å². The third-order valence-corrected chi connectivity index (χ3v) is 12.3. The third-order valence-electron chi connectivity index (χ3n) is 12.3. The molecular formula is C55H35N. The minimum Gasteiger partial charge on any atom is -0.252 e. The van der Waals surface area contributed by atoms with Gasteiger partial charge in [0.05, 0.1) is 11.4 Å². The topological polar surface area (TPSA) is 12.4 Å². The number of aliphatic imine (C=N–C) groups is 1. The second-order valence-corrected chi connectivity index (χ2v) is 15.4. The number of benzene rings is 10. The van der Waals surface area contributed by atoms with Gasteiger partial charge < -0.3 is 0 Å². The molecule has 0 saturated carbocycles. The van der Waals surface area contributed by atoms with E-state index in [4.69, 9.17) is 4.99 Å². The van der Waals surface area contributed by atoms with Crippen LogP contribution >= 0.6 is 0 Å². The fourth-order valence-corrected chi connectivity index (χ4v) is 9.72. The maximum absolute atomic E-state index is 5.18. The van der Waals surface area contributed by atoms with Crippen LogP contribution in [0.3, 0.4) is 0 Å². The molecule has 260 valence electrons. The summed E-state index contributed by atoms with van der Waals surface area (Å²) in [5, 5.41) is 10.1. The molecule has 1 aliphatic heterocycles. The van der Waals surface area contributed by atoms with E-state index in [-0.39, 0.29) is 5.92 Å². The van der Waals surface area contributed by atoms with Crippen molar-refractivity contribution in [3.05, 3.63) is 211 Å². The largest absolute Gasteiger partial charge is 0.252 e. The van der Waals surface area contributed by atoms with E-state index in [1.807, 2.05) is 0 Å². The Bertz CT molecular complexity index is 3230. The number of rotatable bonds is 3. The van der Waals surface area contributed by atoms with Crippen LogP contribution in [0.25, 0.3) is 87.6 Å². The Balaban J connectivity index is 0.966. The number of hydrogen-bond donors (Lipinski definition) is 0. The summed E-state index contributed by atoms with van der Waals surface area (Å²) >= 11 is 0. The summed E-state index contributed by atoms with van der Waals surface area (Å²) in [6.45, 7) is 0. The van der Waals surface area contributed by atoms with E-state index in [0.717, 1.165) is 12.1 Å². The number of para-hydroxylation sites is 1. The Labute approximate surface area is 325 Å². The van der Waals surface area contributed by atoms with Crippen molar-refractivity contribution in [3.63, 3.8) is 0 Å². The van der Waals surface area contributed by atoms with Gasteiger partial charge in [-0.05, 0) is 135 Å². The van der Waals surface area contributed by atoms with Crippen LogP contribution in [0.5, 0.6) is 0 Å². The van der Waals surface area contributed by atoms with Crippen LogP contribution in [-0.2, 0) is 6.42 Å². The van der Waals surface area contributed by atoms with Crippen LogP contribution in [0.4, 0.5) is 5.69 Å². The molecule has 1 aliphatic carbocycles. The average Bonchev–Trinajstić information content (AvgIpc) is 3.56. The van der Waals surface area contributed by atoms with Gasteiger partial charge in [-0.25, -0.2) is 0 Å². The van der Waals surface area contributed by atoms with Gasteiger partial charge in [-0.3, -0.25) is 4.99 Å². The highest BCUT2D eigenvalue weighted by Gasteiger charge is 2.33. The quantitative estimate of drug-likeness (QED) is 0.162. The molecule has 1 unspecified atom stereocenters. The van der Waals surface area contributed by atoms with Crippen molar-refractivity contribution >= 4 is 54.5 Å². The van der Waals surface area contributed by atoms with Crippen molar-refractivity contribution in [1.29, 1.82) is 0 Å². The normalized spacial score (nSPS) is 14.3. The van der Waals surface area contributed by atoms with E-state index < -0.39 is 0 Å². The Kier molecular flexibility index (Phi) is 6.82. The van der Waals surface area contributed by atoms with E-state index >= 15 is 0 Å². The summed E-state index contributed by atoms with van der Waals surface area (Å²) in [5.41, 5.74) is 16.4. The van der Waals surface area contributed by atoms with Gasteiger partial charge in [-0.1, -0.05) is 164 Å². The smallest absolute Gasteiger partial charge is 0.0672 e. The van der Waals surface area contributed by atoms with Gasteiger partial charge in [-0.15, -0.1) is 0 Å². The van der Waals surface area contributed by atoms with Crippen LogP contribution in [-0.4, -0.2) is 5.71 Å². The first-order chi connectivity index (χ1) is 27.7. The highest BCUT2D eigenvalue weighted by atomic mass is 14.8. The molecule has 56 heavy (non-hydrogen) atoms. The lowest BCUT2D eigenvalue weighted by molar-refractivity contribution is 0.905. The molecule has 0 fully saturated rings. The second-order valence-electron chi connectivity index (χ2n) is 15.4. The lowest BCUT2D eigenvalue weighted by Crippen LogP contribution is -2.11. The third kappa shape index (κ3) is 4.77. The van der Waals surface area contributed by atoms with Crippen LogP contribution in [0.15, 0.2) is 199 Å². The molecule has 1 atom stereocenters. The van der Waals surface area contributed by atoms with Crippen LogP contribution in [0.1, 0.15) is 22.6 Å². The minimum atomic E-state index is 0.276. The van der Waals surface area contributed by atoms with Gasteiger partial charge in [0.15, 0.2) is 0 Å². The Morgan fingerprint density at radius 2 is 0.839 bits per heavy atom. The van der Waals surface area contributed by atoms with Gasteiger partial charge in [0, 0.05) is 11.5 Å². The molecule has 12 rings (SSSR count). The fraction of sp³-hybridized carbons (Fsp3) is 0.0364. The summed E-state index contributed by atoms with van der Waals surface area (Å²) in [4.78, 5) is 5.18. The molecule has 1 heterocycles. The van der Waals surface area contributed by atoms with Crippen molar-refractivity contribution in [2.24, 2.45) is 4.99 Å². The van der Waals surface area contributed by atoms with Gasteiger partial charge in [0.25, 0.3) is 0 Å². The predicted octanol–water partition coefficient (Wildman–Crippen LogP) is 14.7. The highest BCUT2D eigenvalue weighted by Crippen LogP contribution is 2.47. The molecule has 10 aromatic rings. The summed E-state index contributed by atoms with van der Waals surface area (Å²) in [5.74, 6) is 0.276. The predicted molar refractivity (Wildman–Crippen MR) is 237 cm³/mol. The van der Waals surface area contributed by atoms with Crippen molar-refractivity contribution in [2.75, 3.05) is 0 Å². The lowest BCUT2D eigenvalue weighted by atomic mass is 9.85. The van der Waals surface area contributed by atoms with Gasteiger partial charge >= 0.3 is 0 Å². The van der Waals surface area contributed by atoms with Crippen molar-refractivity contribution < 1.29 is 0 Å². The molecule has 10 aromatic carbocycles. The standard InChI is InChI=1S/C55H35N/c1-2-12-35-30-41(27-21-34(35)11-1)53-45-15-4-6-17-47(45)54(48-18-7-5-16-46(48)53)42-28-25-36-29-37(22-23-38(36)31-42)39-24-26-40-33-51-44-14-9-10-20-52(44)56-55(51)49-19-8-3-13-43(49)50(40)32-39/h1-32,51H,33H2. The van der Waals surface area contributed by atoms with Crippen molar-refractivity contribution in [2.45, 2.75) is 12.3 Å². The summed E-state index contributed by atoms with van der Waals surface area (Å²) < 4.78 is 0. The van der Waals surface area contributed by atoms with E-state index in [1.165, 1.54) is 110 Å². The molecule has 0 amide bonds. The molecule has 0 saturated heterocycles. The maximum Gasteiger partial charge on any atom is 0.0672 e. The van der Waals surface area contributed by atoms with Crippen LogP contribution < -0.4 is 0 Å². The molecule has 1 nitrogen and oxygen atoms in total. The first-order valence-corrected chi connectivity index (χ1v) is 19.6.